The van der Waals surface area contributed by atoms with Crippen LogP contribution >= 0.6 is 0 Å². The lowest BCUT2D eigenvalue weighted by Crippen LogP contribution is -2.53. The number of aldehydes is 1. The topological polar surface area (TPSA) is 51.2 Å². The lowest BCUT2D eigenvalue weighted by atomic mass is 9.78. The van der Waals surface area contributed by atoms with E-state index in [1.165, 1.54) is 0 Å². The summed E-state index contributed by atoms with van der Waals surface area (Å²) in [5, 5.41) is 0. The summed E-state index contributed by atoms with van der Waals surface area (Å²) in [6.45, 7) is 4.01. The second-order valence-corrected chi connectivity index (χ2v) is 6.14. The highest BCUT2D eigenvalue weighted by Gasteiger charge is 2.51. The van der Waals surface area contributed by atoms with E-state index in [2.05, 4.69) is 0 Å². The minimum Gasteiger partial charge on any atom is -0.303 e. The summed E-state index contributed by atoms with van der Waals surface area (Å²) in [7, 11) is -2.90. The van der Waals surface area contributed by atoms with E-state index in [-0.39, 0.29) is 17.4 Å². The van der Waals surface area contributed by atoms with Crippen molar-refractivity contribution in [3.8, 4) is 0 Å². The lowest BCUT2D eigenvalue weighted by Gasteiger charge is -2.41. The predicted octanol–water partition coefficient (Wildman–Crippen LogP) is 1.04. The average molecular weight is 204 g/mol. The van der Waals surface area contributed by atoms with Crippen molar-refractivity contribution in [3.63, 3.8) is 0 Å². The van der Waals surface area contributed by atoms with E-state index in [4.69, 9.17) is 0 Å². The third-order valence-corrected chi connectivity index (χ3v) is 4.87. The Balaban J connectivity index is 2.70. The molecule has 1 saturated heterocycles. The minimum absolute atomic E-state index is 0.0602. The highest BCUT2D eigenvalue weighted by Crippen LogP contribution is 2.40. The lowest BCUT2D eigenvalue weighted by molar-refractivity contribution is -0.117. The molecule has 0 radical (unpaired) electrons. The zero-order valence-electron chi connectivity index (χ0n) is 8.12. The van der Waals surface area contributed by atoms with Crippen molar-refractivity contribution in [3.05, 3.63) is 0 Å². The zero-order chi connectivity index (χ0) is 10.1. The van der Waals surface area contributed by atoms with Gasteiger partial charge in [0, 0.05) is 0 Å². The molecule has 0 aromatic carbocycles. The first kappa shape index (κ1) is 10.7. The van der Waals surface area contributed by atoms with Crippen LogP contribution in [-0.4, -0.2) is 26.2 Å². The monoisotopic (exact) mass is 204 g/mol. The molecule has 13 heavy (non-hydrogen) atoms. The number of rotatable bonds is 4. The maximum absolute atomic E-state index is 11.0. The van der Waals surface area contributed by atoms with Crippen LogP contribution in [0.2, 0.25) is 0 Å². The molecular formula is C9H16O3S. The Hall–Kier alpha value is -0.380. The van der Waals surface area contributed by atoms with E-state index in [9.17, 15) is 13.2 Å². The molecular weight excluding hydrogens is 188 g/mol. The van der Waals surface area contributed by atoms with Crippen LogP contribution in [0.5, 0.6) is 0 Å². The van der Waals surface area contributed by atoms with Crippen molar-refractivity contribution in [1.29, 1.82) is 0 Å². The molecule has 1 atom stereocenters. The summed E-state index contributed by atoms with van der Waals surface area (Å²) in [6.07, 6.45) is 2.76. The molecule has 1 rings (SSSR count). The fourth-order valence-electron chi connectivity index (χ4n) is 1.97. The molecule has 0 aromatic heterocycles. The Morgan fingerprint density at radius 3 is 2.31 bits per heavy atom. The largest absolute Gasteiger partial charge is 0.303 e. The van der Waals surface area contributed by atoms with E-state index in [1.54, 1.807) is 0 Å². The summed E-state index contributed by atoms with van der Waals surface area (Å²) in [6, 6.07) is 0. The third-order valence-electron chi connectivity index (χ3n) is 2.92. The van der Waals surface area contributed by atoms with Crippen molar-refractivity contribution in [2.45, 2.75) is 26.7 Å². The number of carbonyl (C=O) groups is 1. The summed E-state index contributed by atoms with van der Waals surface area (Å²) in [5.74, 6) is 0.313. The molecule has 76 valence electrons. The van der Waals surface area contributed by atoms with Gasteiger partial charge >= 0.3 is 0 Å². The molecule has 1 heterocycles. The number of sulfone groups is 1. The summed E-state index contributed by atoms with van der Waals surface area (Å²) >= 11 is 0. The van der Waals surface area contributed by atoms with E-state index < -0.39 is 15.3 Å². The SMILES string of the molecule is CCCC(C)C1(C=O)CS(=O)(=O)C1. The molecule has 0 aliphatic carbocycles. The van der Waals surface area contributed by atoms with Gasteiger partial charge in [-0.2, -0.15) is 0 Å². The van der Waals surface area contributed by atoms with Gasteiger partial charge in [0.05, 0.1) is 16.9 Å². The molecule has 1 aliphatic heterocycles. The van der Waals surface area contributed by atoms with Crippen LogP contribution in [0, 0.1) is 11.3 Å². The first-order chi connectivity index (χ1) is 5.96. The number of carbonyl (C=O) groups excluding carboxylic acids is 1. The van der Waals surface area contributed by atoms with E-state index in [1.807, 2.05) is 13.8 Å². The Morgan fingerprint density at radius 2 is 2.00 bits per heavy atom. The average Bonchev–Trinajstić information content (AvgIpc) is 1.99. The molecule has 0 spiro atoms. The van der Waals surface area contributed by atoms with Gasteiger partial charge in [-0.25, -0.2) is 8.42 Å². The first-order valence-corrected chi connectivity index (χ1v) is 6.44. The Labute approximate surface area is 79.4 Å². The van der Waals surface area contributed by atoms with Crippen LogP contribution in [0.1, 0.15) is 26.7 Å². The first-order valence-electron chi connectivity index (χ1n) is 4.62. The highest BCUT2D eigenvalue weighted by molar-refractivity contribution is 7.93. The van der Waals surface area contributed by atoms with Gasteiger partial charge in [-0.05, 0) is 12.3 Å². The second kappa shape index (κ2) is 3.40. The zero-order valence-corrected chi connectivity index (χ0v) is 8.93. The standard InChI is InChI=1S/C9H16O3S/c1-3-4-8(2)9(5-10)6-13(11,12)7-9/h5,8H,3-4,6-7H2,1-2H3. The van der Waals surface area contributed by atoms with Gasteiger partial charge in [-0.3, -0.25) is 0 Å². The summed E-state index contributed by atoms with van der Waals surface area (Å²) in [5.41, 5.74) is -0.561. The molecule has 0 N–H and O–H groups in total. The number of hydrogen-bond acceptors (Lipinski definition) is 3. The fraction of sp³-hybridized carbons (Fsp3) is 0.889. The van der Waals surface area contributed by atoms with E-state index in [0.29, 0.717) is 0 Å². The maximum Gasteiger partial charge on any atom is 0.152 e. The third kappa shape index (κ3) is 1.93. The normalized spacial score (nSPS) is 26.0. The van der Waals surface area contributed by atoms with Crippen molar-refractivity contribution < 1.29 is 13.2 Å². The van der Waals surface area contributed by atoms with Gasteiger partial charge < -0.3 is 4.79 Å². The summed E-state index contributed by atoms with van der Waals surface area (Å²) < 4.78 is 22.0. The smallest absolute Gasteiger partial charge is 0.152 e. The van der Waals surface area contributed by atoms with Gasteiger partial charge in [0.15, 0.2) is 9.84 Å². The Morgan fingerprint density at radius 1 is 1.46 bits per heavy atom. The second-order valence-electron chi connectivity index (χ2n) is 4.07. The van der Waals surface area contributed by atoms with Crippen molar-refractivity contribution in [2.75, 3.05) is 11.5 Å². The molecule has 3 nitrogen and oxygen atoms in total. The molecule has 0 aromatic rings. The predicted molar refractivity (Wildman–Crippen MR) is 51.2 cm³/mol. The quantitative estimate of drug-likeness (QED) is 0.643. The van der Waals surface area contributed by atoms with Gasteiger partial charge in [0.25, 0.3) is 0 Å². The molecule has 0 saturated carbocycles. The van der Waals surface area contributed by atoms with E-state index >= 15 is 0 Å². The fourth-order valence-corrected chi connectivity index (χ4v) is 4.22. The highest BCUT2D eigenvalue weighted by atomic mass is 32.2. The van der Waals surface area contributed by atoms with Crippen LogP contribution in [-0.2, 0) is 14.6 Å². The van der Waals surface area contributed by atoms with Crippen molar-refractivity contribution in [1.82, 2.24) is 0 Å². The number of hydrogen-bond donors (Lipinski definition) is 0. The van der Waals surface area contributed by atoms with Crippen molar-refractivity contribution >= 4 is 16.1 Å². The maximum atomic E-state index is 11.0. The molecule has 0 amide bonds. The van der Waals surface area contributed by atoms with Gasteiger partial charge in [-0.15, -0.1) is 0 Å². The van der Waals surface area contributed by atoms with E-state index in [0.717, 1.165) is 19.1 Å². The van der Waals surface area contributed by atoms with Gasteiger partial charge in [0.2, 0.25) is 0 Å². The van der Waals surface area contributed by atoms with Gasteiger partial charge in [0.1, 0.15) is 6.29 Å². The van der Waals surface area contributed by atoms with Crippen LogP contribution in [0.3, 0.4) is 0 Å². The van der Waals surface area contributed by atoms with Crippen LogP contribution < -0.4 is 0 Å². The molecule has 0 bridgehead atoms. The van der Waals surface area contributed by atoms with Crippen LogP contribution in [0.25, 0.3) is 0 Å². The Kier molecular flexibility index (Phi) is 2.80. The van der Waals surface area contributed by atoms with Crippen molar-refractivity contribution in [2.24, 2.45) is 11.3 Å². The minimum atomic E-state index is -2.90. The van der Waals surface area contributed by atoms with Crippen LogP contribution in [0.4, 0.5) is 0 Å². The summed E-state index contributed by atoms with van der Waals surface area (Å²) in [4.78, 5) is 10.8. The molecule has 1 unspecified atom stereocenters. The Bertz CT molecular complexity index is 280. The molecule has 1 fully saturated rings. The van der Waals surface area contributed by atoms with Crippen LogP contribution in [0.15, 0.2) is 0 Å². The molecule has 4 heteroatoms. The van der Waals surface area contributed by atoms with Gasteiger partial charge in [-0.1, -0.05) is 20.3 Å². The molecule has 1 aliphatic rings.